The van der Waals surface area contributed by atoms with Crippen molar-refractivity contribution in [2.24, 2.45) is 0 Å². The van der Waals surface area contributed by atoms with Gasteiger partial charge in [-0.05, 0) is 99.1 Å². The third kappa shape index (κ3) is 5.29. The van der Waals surface area contributed by atoms with Gasteiger partial charge in [-0.25, -0.2) is 0 Å². The summed E-state index contributed by atoms with van der Waals surface area (Å²) in [6.45, 7) is 0. The van der Waals surface area contributed by atoms with Crippen LogP contribution in [0.4, 0.5) is 17.1 Å². The minimum Gasteiger partial charge on any atom is -0.456 e. The van der Waals surface area contributed by atoms with Crippen LogP contribution in [0.2, 0.25) is 0 Å². The molecule has 0 radical (unpaired) electrons. The summed E-state index contributed by atoms with van der Waals surface area (Å²) in [6, 6.07) is 78.8. The summed E-state index contributed by atoms with van der Waals surface area (Å²) in [5, 5.41) is 9.58. The highest BCUT2D eigenvalue weighted by atomic mass is 16.3. The molecule has 12 rings (SSSR count). The van der Waals surface area contributed by atoms with Gasteiger partial charge in [-0.15, -0.1) is 0 Å². The van der Waals surface area contributed by atoms with Crippen LogP contribution in [0.3, 0.4) is 0 Å². The maximum absolute atomic E-state index is 6.37. The Labute approximate surface area is 341 Å². The van der Waals surface area contributed by atoms with Crippen molar-refractivity contribution >= 4 is 82.4 Å². The number of para-hydroxylation sites is 2. The second kappa shape index (κ2) is 13.4. The number of hydrogen-bond acceptors (Lipinski definition) is 2. The molecule has 59 heavy (non-hydrogen) atoms. The van der Waals surface area contributed by atoms with Crippen LogP contribution in [-0.4, -0.2) is 4.57 Å². The van der Waals surface area contributed by atoms with Crippen molar-refractivity contribution in [3.8, 4) is 27.9 Å². The van der Waals surface area contributed by atoms with Crippen LogP contribution in [0.25, 0.3) is 93.2 Å². The quantitative estimate of drug-likeness (QED) is 0.169. The third-order valence-electron chi connectivity index (χ3n) is 12.0. The summed E-state index contributed by atoms with van der Waals surface area (Å²) >= 11 is 0. The van der Waals surface area contributed by atoms with Gasteiger partial charge in [0.25, 0.3) is 0 Å². The lowest BCUT2D eigenvalue weighted by molar-refractivity contribution is 0.669. The zero-order chi connectivity index (χ0) is 38.9. The lowest BCUT2D eigenvalue weighted by Gasteiger charge is -2.27. The third-order valence-corrected chi connectivity index (χ3v) is 12.0. The summed E-state index contributed by atoms with van der Waals surface area (Å²) in [5.74, 6) is 0. The first-order chi connectivity index (χ1) is 29.3. The molecule has 0 aliphatic carbocycles. The highest BCUT2D eigenvalue weighted by molar-refractivity contribution is 6.18. The Balaban J connectivity index is 1.05. The monoisotopic (exact) mass is 752 g/mol. The molecule has 10 aromatic carbocycles. The predicted octanol–water partition coefficient (Wildman–Crippen LogP) is 15.8. The molecule has 276 valence electrons. The van der Waals surface area contributed by atoms with Crippen molar-refractivity contribution in [3.63, 3.8) is 0 Å². The molecule has 2 heterocycles. The number of rotatable bonds is 6. The van der Waals surface area contributed by atoms with E-state index in [-0.39, 0.29) is 0 Å². The van der Waals surface area contributed by atoms with Crippen LogP contribution in [0, 0.1) is 0 Å². The van der Waals surface area contributed by atoms with E-state index in [2.05, 4.69) is 222 Å². The maximum Gasteiger partial charge on any atom is 0.137 e. The minimum atomic E-state index is 0.886. The van der Waals surface area contributed by atoms with Crippen molar-refractivity contribution in [1.82, 2.24) is 4.57 Å². The number of fused-ring (bicyclic) bond motifs is 8. The second-order valence-electron chi connectivity index (χ2n) is 15.3. The molecular weight excluding hydrogens is 717 g/mol. The van der Waals surface area contributed by atoms with Crippen LogP contribution in [-0.2, 0) is 0 Å². The van der Waals surface area contributed by atoms with Gasteiger partial charge >= 0.3 is 0 Å². The first-order valence-electron chi connectivity index (χ1n) is 20.2. The van der Waals surface area contributed by atoms with E-state index in [4.69, 9.17) is 4.42 Å². The summed E-state index contributed by atoms with van der Waals surface area (Å²) in [7, 11) is 0. The van der Waals surface area contributed by atoms with Gasteiger partial charge < -0.3 is 13.9 Å². The summed E-state index contributed by atoms with van der Waals surface area (Å²) in [5.41, 5.74) is 13.3. The largest absolute Gasteiger partial charge is 0.456 e. The van der Waals surface area contributed by atoms with E-state index in [0.717, 1.165) is 61.3 Å². The van der Waals surface area contributed by atoms with Crippen LogP contribution >= 0.6 is 0 Å². The fraction of sp³-hybridized carbons (Fsp3) is 0. The number of anilines is 3. The molecule has 0 atom stereocenters. The SMILES string of the molecule is c1cc(-c2cccc3c2c2ccccc2n3-c2cccc3oc4ccccc4c23)cc(N(c2ccc(-c3cccc4ccccc34)cc2)c2cccc3ccccc23)c1. The van der Waals surface area contributed by atoms with E-state index in [1.54, 1.807) is 0 Å². The van der Waals surface area contributed by atoms with E-state index in [1.165, 1.54) is 49.0 Å². The van der Waals surface area contributed by atoms with Crippen molar-refractivity contribution < 1.29 is 4.42 Å². The van der Waals surface area contributed by atoms with E-state index >= 15 is 0 Å². The number of furan rings is 1. The zero-order valence-electron chi connectivity index (χ0n) is 32.1. The molecule has 0 bridgehead atoms. The molecule has 0 spiro atoms. The summed E-state index contributed by atoms with van der Waals surface area (Å²) in [4.78, 5) is 2.41. The van der Waals surface area contributed by atoms with Gasteiger partial charge in [0.05, 0.1) is 27.8 Å². The van der Waals surface area contributed by atoms with Crippen molar-refractivity contribution in [2.45, 2.75) is 0 Å². The van der Waals surface area contributed by atoms with E-state index < -0.39 is 0 Å². The Morgan fingerprint density at radius 3 is 1.83 bits per heavy atom. The smallest absolute Gasteiger partial charge is 0.137 e. The van der Waals surface area contributed by atoms with Gasteiger partial charge in [0.2, 0.25) is 0 Å². The second-order valence-corrected chi connectivity index (χ2v) is 15.3. The average Bonchev–Trinajstić information content (AvgIpc) is 3.86. The lowest BCUT2D eigenvalue weighted by atomic mass is 9.97. The average molecular weight is 753 g/mol. The first kappa shape index (κ1) is 33.3. The molecule has 0 aliphatic rings. The van der Waals surface area contributed by atoms with E-state index in [1.807, 2.05) is 6.07 Å². The molecule has 0 fully saturated rings. The normalized spacial score (nSPS) is 11.7. The summed E-state index contributed by atoms with van der Waals surface area (Å²) in [6.07, 6.45) is 0. The first-order valence-corrected chi connectivity index (χ1v) is 20.2. The number of nitrogens with zero attached hydrogens (tertiary/aromatic N) is 2. The molecule has 0 aliphatic heterocycles. The summed E-state index contributed by atoms with van der Waals surface area (Å²) < 4.78 is 8.79. The van der Waals surface area contributed by atoms with Gasteiger partial charge in [0.1, 0.15) is 11.2 Å². The molecule has 12 aromatic rings. The Hall–Kier alpha value is -7.88. The van der Waals surface area contributed by atoms with Gasteiger partial charge in [0.15, 0.2) is 0 Å². The fourth-order valence-electron chi connectivity index (χ4n) is 9.37. The molecule has 3 nitrogen and oxygen atoms in total. The standard InChI is InChI=1S/C56H36N2O/c1-3-20-43-37(14-1)16-10-24-44(43)39-32-34-41(35-33-39)57(49-27-11-17-38-15-2-4-21-45(38)49)42-19-9-18-40(36-42)46-25-12-28-51-55(46)47-22-5-7-26-50(47)58(51)52-29-13-31-54-56(52)48-23-6-8-30-53(48)59-54/h1-36H. The zero-order valence-corrected chi connectivity index (χ0v) is 32.1. The predicted molar refractivity (Wildman–Crippen MR) is 249 cm³/mol. The number of aromatic nitrogens is 1. The molecule has 0 amide bonds. The van der Waals surface area contributed by atoms with Crippen LogP contribution in [0.5, 0.6) is 0 Å². The molecule has 0 N–H and O–H groups in total. The van der Waals surface area contributed by atoms with Gasteiger partial charge in [-0.3, -0.25) is 0 Å². The Kier molecular flexibility index (Phi) is 7.54. The number of hydrogen-bond donors (Lipinski definition) is 0. The topological polar surface area (TPSA) is 21.3 Å². The van der Waals surface area contributed by atoms with Gasteiger partial charge in [-0.1, -0.05) is 158 Å². The van der Waals surface area contributed by atoms with Crippen LogP contribution < -0.4 is 4.90 Å². The van der Waals surface area contributed by atoms with Crippen molar-refractivity contribution in [3.05, 3.63) is 218 Å². The lowest BCUT2D eigenvalue weighted by Crippen LogP contribution is -2.10. The van der Waals surface area contributed by atoms with Crippen molar-refractivity contribution in [1.29, 1.82) is 0 Å². The van der Waals surface area contributed by atoms with E-state index in [0.29, 0.717) is 0 Å². The Bertz CT molecular complexity index is 3560. The van der Waals surface area contributed by atoms with Crippen LogP contribution in [0.1, 0.15) is 0 Å². The number of benzene rings is 10. The van der Waals surface area contributed by atoms with Crippen LogP contribution in [0.15, 0.2) is 223 Å². The maximum atomic E-state index is 6.37. The minimum absolute atomic E-state index is 0.886. The molecule has 2 aromatic heterocycles. The van der Waals surface area contributed by atoms with Gasteiger partial charge in [0, 0.05) is 32.9 Å². The molecule has 0 saturated carbocycles. The molecular formula is C56H36N2O. The molecule has 3 heteroatoms. The Morgan fingerprint density at radius 2 is 0.966 bits per heavy atom. The molecule has 0 unspecified atom stereocenters. The highest BCUT2D eigenvalue weighted by Gasteiger charge is 2.21. The van der Waals surface area contributed by atoms with E-state index in [9.17, 15) is 0 Å². The molecule has 0 saturated heterocycles. The fourth-order valence-corrected chi connectivity index (χ4v) is 9.37. The van der Waals surface area contributed by atoms with Gasteiger partial charge in [-0.2, -0.15) is 0 Å². The highest BCUT2D eigenvalue weighted by Crippen LogP contribution is 2.45. The van der Waals surface area contributed by atoms with Crippen molar-refractivity contribution in [2.75, 3.05) is 4.90 Å². The Morgan fingerprint density at radius 1 is 0.356 bits per heavy atom.